The Labute approximate surface area is 120 Å². The van der Waals surface area contributed by atoms with E-state index in [1.165, 1.54) is 0 Å². The predicted octanol–water partition coefficient (Wildman–Crippen LogP) is 2.27. The van der Waals surface area contributed by atoms with Gasteiger partial charge in [0.1, 0.15) is 5.15 Å². The molecule has 6 heteroatoms. The van der Waals surface area contributed by atoms with Crippen molar-refractivity contribution in [2.45, 2.75) is 13.0 Å². The highest BCUT2D eigenvalue weighted by atomic mass is 79.9. The van der Waals surface area contributed by atoms with Crippen molar-refractivity contribution in [2.75, 3.05) is 26.7 Å². The number of rotatable bonds is 1. The van der Waals surface area contributed by atoms with E-state index in [0.29, 0.717) is 11.6 Å². The van der Waals surface area contributed by atoms with Crippen LogP contribution in [0.25, 0.3) is 0 Å². The minimum absolute atomic E-state index is 0.0475. The molecule has 1 amide bonds. The van der Waals surface area contributed by atoms with Crippen molar-refractivity contribution in [3.63, 3.8) is 0 Å². The van der Waals surface area contributed by atoms with Gasteiger partial charge in [-0.25, -0.2) is 4.98 Å². The van der Waals surface area contributed by atoms with E-state index in [1.807, 2.05) is 4.90 Å². The van der Waals surface area contributed by atoms with Crippen LogP contribution in [0, 0.1) is 0 Å². The molecule has 4 nitrogen and oxygen atoms in total. The van der Waals surface area contributed by atoms with Gasteiger partial charge < -0.3 is 9.80 Å². The number of halogens is 2. The molecule has 1 saturated heterocycles. The Bertz CT molecular complexity index is 469. The van der Waals surface area contributed by atoms with Gasteiger partial charge in [-0.3, -0.25) is 4.79 Å². The van der Waals surface area contributed by atoms with Gasteiger partial charge in [0.2, 0.25) is 0 Å². The highest BCUT2D eigenvalue weighted by molar-refractivity contribution is 9.10. The number of pyridine rings is 1. The smallest absolute Gasteiger partial charge is 0.257 e. The molecule has 1 atom stereocenters. The Morgan fingerprint density at radius 3 is 2.94 bits per heavy atom. The quantitative estimate of drug-likeness (QED) is 0.740. The van der Waals surface area contributed by atoms with Crippen LogP contribution in [-0.4, -0.2) is 53.4 Å². The molecule has 1 aromatic heterocycles. The Balaban J connectivity index is 2.19. The molecule has 2 rings (SSSR count). The molecular weight excluding hydrogens is 318 g/mol. The molecule has 18 heavy (non-hydrogen) atoms. The van der Waals surface area contributed by atoms with E-state index < -0.39 is 0 Å². The summed E-state index contributed by atoms with van der Waals surface area (Å²) < 4.78 is 0.762. The Morgan fingerprint density at radius 1 is 1.56 bits per heavy atom. The SMILES string of the molecule is CC1CN(C(=O)c2cc(Br)cnc2Cl)CCN1C. The number of hydrogen-bond acceptors (Lipinski definition) is 3. The fourth-order valence-electron chi connectivity index (χ4n) is 1.98. The lowest BCUT2D eigenvalue weighted by molar-refractivity contribution is 0.0572. The number of piperazine rings is 1. The van der Waals surface area contributed by atoms with E-state index in [-0.39, 0.29) is 11.1 Å². The van der Waals surface area contributed by atoms with Crippen molar-refractivity contribution in [1.82, 2.24) is 14.8 Å². The molecule has 1 aliphatic rings. The lowest BCUT2D eigenvalue weighted by Gasteiger charge is -2.37. The van der Waals surface area contributed by atoms with Gasteiger partial charge in [-0.1, -0.05) is 11.6 Å². The molecule has 0 N–H and O–H groups in total. The molecule has 0 aromatic carbocycles. The zero-order chi connectivity index (χ0) is 13.3. The van der Waals surface area contributed by atoms with Crippen LogP contribution in [-0.2, 0) is 0 Å². The maximum atomic E-state index is 12.4. The average Bonchev–Trinajstić information content (AvgIpc) is 2.35. The second kappa shape index (κ2) is 5.55. The van der Waals surface area contributed by atoms with Gasteiger partial charge in [0.15, 0.2) is 0 Å². The summed E-state index contributed by atoms with van der Waals surface area (Å²) >= 11 is 9.30. The van der Waals surface area contributed by atoms with Crippen LogP contribution in [0.3, 0.4) is 0 Å². The van der Waals surface area contributed by atoms with Gasteiger partial charge in [0.05, 0.1) is 5.56 Å². The van der Waals surface area contributed by atoms with Crippen molar-refractivity contribution >= 4 is 33.4 Å². The lowest BCUT2D eigenvalue weighted by Crippen LogP contribution is -2.52. The summed E-state index contributed by atoms with van der Waals surface area (Å²) in [5.74, 6) is -0.0475. The number of aromatic nitrogens is 1. The van der Waals surface area contributed by atoms with Gasteiger partial charge in [-0.15, -0.1) is 0 Å². The first-order valence-electron chi connectivity index (χ1n) is 5.79. The van der Waals surface area contributed by atoms with Crippen LogP contribution in [0.5, 0.6) is 0 Å². The monoisotopic (exact) mass is 331 g/mol. The van der Waals surface area contributed by atoms with Crippen molar-refractivity contribution in [1.29, 1.82) is 0 Å². The minimum Gasteiger partial charge on any atom is -0.336 e. The Morgan fingerprint density at radius 2 is 2.28 bits per heavy atom. The minimum atomic E-state index is -0.0475. The van der Waals surface area contributed by atoms with Crippen molar-refractivity contribution in [2.24, 2.45) is 0 Å². The Hall–Kier alpha value is -0.650. The summed E-state index contributed by atoms with van der Waals surface area (Å²) in [4.78, 5) is 20.5. The third kappa shape index (κ3) is 2.84. The normalized spacial score (nSPS) is 21.1. The molecule has 0 spiro atoms. The standard InChI is InChI=1S/C12H15BrClN3O/c1-8-7-17(4-3-16(8)2)12(18)10-5-9(13)6-15-11(10)14/h5-6,8H,3-4,7H2,1-2H3. The molecule has 0 bridgehead atoms. The van der Waals surface area contributed by atoms with Gasteiger partial charge in [-0.05, 0) is 36.0 Å². The number of amides is 1. The van der Waals surface area contributed by atoms with Crippen molar-refractivity contribution in [3.05, 3.63) is 27.5 Å². The molecule has 1 aliphatic heterocycles. The molecule has 98 valence electrons. The molecular formula is C12H15BrClN3O. The molecule has 1 aromatic rings. The van der Waals surface area contributed by atoms with Crippen LogP contribution in [0.1, 0.15) is 17.3 Å². The fourth-order valence-corrected chi connectivity index (χ4v) is 2.49. The molecule has 0 radical (unpaired) electrons. The number of carbonyl (C=O) groups is 1. The molecule has 0 saturated carbocycles. The molecule has 0 aliphatic carbocycles. The van der Waals surface area contributed by atoms with E-state index in [9.17, 15) is 4.79 Å². The maximum absolute atomic E-state index is 12.4. The fraction of sp³-hybridized carbons (Fsp3) is 0.500. The van der Waals surface area contributed by atoms with Gasteiger partial charge >= 0.3 is 0 Å². The topological polar surface area (TPSA) is 36.4 Å². The number of likely N-dealkylation sites (N-methyl/N-ethyl adjacent to an activating group) is 1. The second-order valence-corrected chi connectivity index (χ2v) is 5.85. The highest BCUT2D eigenvalue weighted by Gasteiger charge is 2.26. The zero-order valence-electron chi connectivity index (χ0n) is 10.4. The van der Waals surface area contributed by atoms with E-state index in [0.717, 1.165) is 24.1 Å². The van der Waals surface area contributed by atoms with Crippen LogP contribution >= 0.6 is 27.5 Å². The maximum Gasteiger partial charge on any atom is 0.257 e. The number of hydrogen-bond donors (Lipinski definition) is 0. The predicted molar refractivity (Wildman–Crippen MR) is 74.9 cm³/mol. The van der Waals surface area contributed by atoms with E-state index in [2.05, 4.69) is 39.8 Å². The summed E-state index contributed by atoms with van der Waals surface area (Å²) in [5.41, 5.74) is 0.461. The van der Waals surface area contributed by atoms with E-state index in [4.69, 9.17) is 11.6 Å². The number of nitrogens with zero attached hydrogens (tertiary/aromatic N) is 3. The third-order valence-corrected chi connectivity index (χ3v) is 4.02. The van der Waals surface area contributed by atoms with Gasteiger partial charge in [0, 0.05) is 36.3 Å². The van der Waals surface area contributed by atoms with Crippen LogP contribution in [0.15, 0.2) is 16.7 Å². The molecule has 1 unspecified atom stereocenters. The third-order valence-electron chi connectivity index (χ3n) is 3.28. The van der Waals surface area contributed by atoms with Crippen LogP contribution in [0.4, 0.5) is 0 Å². The highest BCUT2D eigenvalue weighted by Crippen LogP contribution is 2.21. The van der Waals surface area contributed by atoms with Crippen LogP contribution < -0.4 is 0 Å². The Kier molecular flexibility index (Phi) is 4.25. The van der Waals surface area contributed by atoms with Gasteiger partial charge in [0.25, 0.3) is 5.91 Å². The first-order chi connectivity index (χ1) is 8.49. The van der Waals surface area contributed by atoms with Crippen molar-refractivity contribution < 1.29 is 4.79 Å². The summed E-state index contributed by atoms with van der Waals surface area (Å²) in [6.45, 7) is 4.44. The van der Waals surface area contributed by atoms with Crippen LogP contribution in [0.2, 0.25) is 5.15 Å². The molecule has 2 heterocycles. The summed E-state index contributed by atoms with van der Waals surface area (Å²) in [5, 5.41) is 0.259. The lowest BCUT2D eigenvalue weighted by atomic mass is 10.1. The second-order valence-electron chi connectivity index (χ2n) is 4.57. The summed E-state index contributed by atoms with van der Waals surface area (Å²) in [7, 11) is 2.07. The molecule has 1 fully saturated rings. The van der Waals surface area contributed by atoms with Gasteiger partial charge in [-0.2, -0.15) is 0 Å². The average molecular weight is 333 g/mol. The van der Waals surface area contributed by atoms with Crippen molar-refractivity contribution in [3.8, 4) is 0 Å². The zero-order valence-corrected chi connectivity index (χ0v) is 12.7. The largest absolute Gasteiger partial charge is 0.336 e. The first-order valence-corrected chi connectivity index (χ1v) is 6.96. The van der Waals surface area contributed by atoms with E-state index in [1.54, 1.807) is 12.3 Å². The summed E-state index contributed by atoms with van der Waals surface area (Å²) in [6.07, 6.45) is 1.59. The summed E-state index contributed by atoms with van der Waals surface area (Å²) in [6, 6.07) is 2.09. The first kappa shape index (κ1) is 13.8. The number of carbonyl (C=O) groups excluding carboxylic acids is 1. The van der Waals surface area contributed by atoms with E-state index >= 15 is 0 Å².